The fourth-order valence-electron chi connectivity index (χ4n) is 1.73. The molecule has 0 aliphatic heterocycles. The number of carbonyl (C=O) groups excluding carboxylic acids is 1. The third-order valence-electron chi connectivity index (χ3n) is 2.80. The average Bonchev–Trinajstić information content (AvgIpc) is 2.48. The Morgan fingerprint density at radius 2 is 1.70 bits per heavy atom. The summed E-state index contributed by atoms with van der Waals surface area (Å²) < 4.78 is 4.98. The summed E-state index contributed by atoms with van der Waals surface area (Å²) in [6.07, 6.45) is 0. The number of ketones is 1. The molecule has 0 amide bonds. The van der Waals surface area contributed by atoms with Crippen LogP contribution in [0.4, 0.5) is 0 Å². The predicted octanol–water partition coefficient (Wildman–Crippen LogP) is 1.75. The molecular formula is C14H12O6. The van der Waals surface area contributed by atoms with E-state index in [4.69, 9.17) is 4.74 Å². The number of rotatable bonds is 3. The number of aromatic hydroxyl groups is 4. The highest BCUT2D eigenvalue weighted by atomic mass is 16.5. The molecular weight excluding hydrogens is 264 g/mol. The van der Waals surface area contributed by atoms with Crippen LogP contribution < -0.4 is 4.74 Å². The molecule has 20 heavy (non-hydrogen) atoms. The van der Waals surface area contributed by atoms with Crippen LogP contribution >= 0.6 is 0 Å². The van der Waals surface area contributed by atoms with Crippen LogP contribution in [0.1, 0.15) is 15.9 Å². The van der Waals surface area contributed by atoms with E-state index in [-0.39, 0.29) is 11.1 Å². The van der Waals surface area contributed by atoms with E-state index in [0.717, 1.165) is 6.07 Å². The Labute approximate surface area is 114 Å². The summed E-state index contributed by atoms with van der Waals surface area (Å²) >= 11 is 0. The zero-order valence-corrected chi connectivity index (χ0v) is 10.5. The maximum atomic E-state index is 12.2. The van der Waals surface area contributed by atoms with Crippen molar-refractivity contribution in [2.24, 2.45) is 0 Å². The first-order chi connectivity index (χ1) is 9.45. The van der Waals surface area contributed by atoms with E-state index in [9.17, 15) is 25.2 Å². The van der Waals surface area contributed by atoms with Crippen molar-refractivity contribution in [3.63, 3.8) is 0 Å². The molecule has 2 aromatic carbocycles. The van der Waals surface area contributed by atoms with Crippen LogP contribution in [0.2, 0.25) is 0 Å². The van der Waals surface area contributed by atoms with E-state index < -0.39 is 28.8 Å². The van der Waals surface area contributed by atoms with Gasteiger partial charge in [0.15, 0.2) is 17.3 Å². The average molecular weight is 276 g/mol. The van der Waals surface area contributed by atoms with Crippen LogP contribution in [0.3, 0.4) is 0 Å². The molecule has 2 rings (SSSR count). The molecule has 4 N–H and O–H groups in total. The predicted molar refractivity (Wildman–Crippen MR) is 69.5 cm³/mol. The van der Waals surface area contributed by atoms with Crippen molar-refractivity contribution in [1.82, 2.24) is 0 Å². The van der Waals surface area contributed by atoms with E-state index in [0.29, 0.717) is 5.75 Å². The van der Waals surface area contributed by atoms with Gasteiger partial charge in [0.1, 0.15) is 5.75 Å². The molecule has 6 nitrogen and oxygen atoms in total. The first-order valence-electron chi connectivity index (χ1n) is 5.61. The highest BCUT2D eigenvalue weighted by Crippen LogP contribution is 2.44. The van der Waals surface area contributed by atoms with Gasteiger partial charge in [-0.2, -0.15) is 0 Å². The number of carbonyl (C=O) groups is 1. The zero-order valence-electron chi connectivity index (χ0n) is 10.5. The van der Waals surface area contributed by atoms with Gasteiger partial charge >= 0.3 is 0 Å². The quantitative estimate of drug-likeness (QED) is 0.386. The number of benzene rings is 2. The summed E-state index contributed by atoms with van der Waals surface area (Å²) in [7, 11) is 1.44. The molecule has 0 atom stereocenters. The molecule has 2 aromatic rings. The summed E-state index contributed by atoms with van der Waals surface area (Å²) in [6.45, 7) is 0. The largest absolute Gasteiger partial charge is 0.504 e. The number of phenols is 4. The van der Waals surface area contributed by atoms with Crippen LogP contribution in [0.5, 0.6) is 28.7 Å². The molecule has 0 heterocycles. The Morgan fingerprint density at radius 3 is 2.35 bits per heavy atom. The summed E-state index contributed by atoms with van der Waals surface area (Å²) in [6, 6.07) is 7.05. The second-order valence-corrected chi connectivity index (χ2v) is 4.05. The molecule has 0 saturated heterocycles. The molecule has 104 valence electrons. The summed E-state index contributed by atoms with van der Waals surface area (Å²) in [5.41, 5.74) is -0.129. The summed E-state index contributed by atoms with van der Waals surface area (Å²) in [5.74, 6) is -3.52. The lowest BCUT2D eigenvalue weighted by molar-refractivity contribution is 0.103. The molecule has 0 aromatic heterocycles. The van der Waals surface area contributed by atoms with Crippen LogP contribution in [-0.4, -0.2) is 33.3 Å². The van der Waals surface area contributed by atoms with Crippen LogP contribution in [-0.2, 0) is 0 Å². The maximum absolute atomic E-state index is 12.2. The Bertz CT molecular complexity index is 678. The molecule has 0 unspecified atom stereocenters. The smallest absolute Gasteiger partial charge is 0.205 e. The standard InChI is InChI=1S/C14H12O6/c1-20-8-4-2-3-7(5-8)11(16)9-6-10(15)13(18)14(19)12(9)17/h2-6,15,17-19H,1H3. The minimum atomic E-state index is -0.948. The first kappa shape index (κ1) is 13.5. The normalized spacial score (nSPS) is 10.2. The zero-order chi connectivity index (χ0) is 14.9. The monoisotopic (exact) mass is 276 g/mol. The molecule has 0 fully saturated rings. The fourth-order valence-corrected chi connectivity index (χ4v) is 1.73. The molecule has 0 radical (unpaired) electrons. The van der Waals surface area contributed by atoms with Crippen molar-refractivity contribution >= 4 is 5.78 Å². The Hall–Kier alpha value is -2.89. The number of phenolic OH excluding ortho intramolecular Hbond substituents is 4. The van der Waals surface area contributed by atoms with Crippen molar-refractivity contribution < 1.29 is 30.0 Å². The number of hydrogen-bond acceptors (Lipinski definition) is 6. The van der Waals surface area contributed by atoms with Gasteiger partial charge in [0.05, 0.1) is 12.7 Å². The minimum Gasteiger partial charge on any atom is -0.504 e. The summed E-state index contributed by atoms with van der Waals surface area (Å²) in [5, 5.41) is 37.8. The number of ether oxygens (including phenoxy) is 1. The van der Waals surface area contributed by atoms with E-state index in [2.05, 4.69) is 0 Å². The molecule has 6 heteroatoms. The summed E-state index contributed by atoms with van der Waals surface area (Å²) in [4.78, 5) is 12.2. The fraction of sp³-hybridized carbons (Fsp3) is 0.0714. The van der Waals surface area contributed by atoms with Gasteiger partial charge in [-0.3, -0.25) is 4.79 Å². The van der Waals surface area contributed by atoms with Crippen molar-refractivity contribution in [2.75, 3.05) is 7.11 Å². The van der Waals surface area contributed by atoms with Crippen molar-refractivity contribution in [1.29, 1.82) is 0 Å². The maximum Gasteiger partial charge on any atom is 0.205 e. The minimum absolute atomic E-state index is 0.198. The molecule has 0 bridgehead atoms. The second-order valence-electron chi connectivity index (χ2n) is 4.05. The Kier molecular flexibility index (Phi) is 3.39. The van der Waals surface area contributed by atoms with Crippen molar-refractivity contribution in [3.05, 3.63) is 41.5 Å². The van der Waals surface area contributed by atoms with E-state index in [1.54, 1.807) is 12.1 Å². The molecule has 0 spiro atoms. The Morgan fingerprint density at radius 1 is 1.00 bits per heavy atom. The van der Waals surface area contributed by atoms with Gasteiger partial charge in [0.25, 0.3) is 0 Å². The Balaban J connectivity index is 2.53. The van der Waals surface area contributed by atoms with Gasteiger partial charge in [0.2, 0.25) is 11.5 Å². The number of methoxy groups -OCH3 is 1. The highest BCUT2D eigenvalue weighted by molar-refractivity contribution is 6.11. The first-order valence-corrected chi connectivity index (χ1v) is 5.61. The van der Waals surface area contributed by atoms with Gasteiger partial charge in [-0.05, 0) is 18.2 Å². The number of hydrogen-bond donors (Lipinski definition) is 4. The topological polar surface area (TPSA) is 107 Å². The molecule has 0 aliphatic carbocycles. The van der Waals surface area contributed by atoms with Gasteiger partial charge in [-0.1, -0.05) is 12.1 Å². The molecule has 0 saturated carbocycles. The van der Waals surface area contributed by atoms with Crippen molar-refractivity contribution in [2.45, 2.75) is 0 Å². The third-order valence-corrected chi connectivity index (χ3v) is 2.80. The SMILES string of the molecule is COc1cccc(C(=O)c2cc(O)c(O)c(O)c2O)c1. The van der Waals surface area contributed by atoms with Crippen LogP contribution in [0.15, 0.2) is 30.3 Å². The van der Waals surface area contributed by atoms with E-state index in [1.807, 2.05) is 0 Å². The van der Waals surface area contributed by atoms with E-state index in [1.165, 1.54) is 19.2 Å². The van der Waals surface area contributed by atoms with Crippen LogP contribution in [0.25, 0.3) is 0 Å². The second kappa shape index (κ2) is 5.00. The van der Waals surface area contributed by atoms with Crippen LogP contribution in [0, 0.1) is 0 Å². The van der Waals surface area contributed by atoms with Gasteiger partial charge in [0, 0.05) is 5.56 Å². The molecule has 0 aliphatic rings. The lowest BCUT2D eigenvalue weighted by Gasteiger charge is -2.09. The van der Waals surface area contributed by atoms with Gasteiger partial charge in [-0.25, -0.2) is 0 Å². The van der Waals surface area contributed by atoms with Crippen molar-refractivity contribution in [3.8, 4) is 28.7 Å². The van der Waals surface area contributed by atoms with E-state index >= 15 is 0 Å². The highest BCUT2D eigenvalue weighted by Gasteiger charge is 2.22. The van der Waals surface area contributed by atoms with Gasteiger partial charge in [-0.15, -0.1) is 0 Å². The van der Waals surface area contributed by atoms with Gasteiger partial charge < -0.3 is 25.2 Å². The lowest BCUT2D eigenvalue weighted by Crippen LogP contribution is -2.02. The third kappa shape index (κ3) is 2.18. The lowest BCUT2D eigenvalue weighted by atomic mass is 10.0.